The van der Waals surface area contributed by atoms with Crippen molar-refractivity contribution in [3.63, 3.8) is 0 Å². The van der Waals surface area contributed by atoms with Crippen molar-refractivity contribution in [1.82, 2.24) is 10.2 Å². The Kier molecular flexibility index (Phi) is 5.08. The van der Waals surface area contributed by atoms with Crippen LogP contribution in [0.1, 0.15) is 30.7 Å². The Morgan fingerprint density at radius 1 is 1.13 bits per heavy atom. The number of halogens is 3. The second-order valence-corrected chi connectivity index (χ2v) is 5.43. The largest absolute Gasteiger partial charge is 0.491 e. The first-order valence-electron chi connectivity index (χ1n) is 7.16. The molecule has 0 atom stereocenters. The number of benzene rings is 1. The molecule has 124 valence electrons. The van der Waals surface area contributed by atoms with E-state index in [1.165, 1.54) is 6.07 Å². The topological polar surface area (TPSA) is 47.0 Å². The fourth-order valence-electron chi connectivity index (χ4n) is 1.93. The molecule has 2 aromatic rings. The third-order valence-corrected chi connectivity index (χ3v) is 3.00. The summed E-state index contributed by atoms with van der Waals surface area (Å²) in [5.74, 6) is 1.02. The van der Waals surface area contributed by atoms with Crippen LogP contribution in [0.5, 0.6) is 5.75 Å². The molecule has 0 bridgehead atoms. The number of hydrogen-bond donors (Lipinski definition) is 1. The van der Waals surface area contributed by atoms with E-state index in [1.807, 2.05) is 39.0 Å². The lowest BCUT2D eigenvalue weighted by Gasteiger charge is -2.15. The summed E-state index contributed by atoms with van der Waals surface area (Å²) in [4.78, 5) is 0. The van der Waals surface area contributed by atoms with Gasteiger partial charge in [-0.1, -0.05) is 12.1 Å². The lowest BCUT2D eigenvalue weighted by molar-refractivity contribution is -0.141. The van der Waals surface area contributed by atoms with Gasteiger partial charge in [0, 0.05) is 12.1 Å². The van der Waals surface area contributed by atoms with Crippen LogP contribution in [-0.4, -0.2) is 16.3 Å². The fraction of sp³-hybridized carbons (Fsp3) is 0.375. The van der Waals surface area contributed by atoms with Crippen molar-refractivity contribution >= 4 is 5.82 Å². The number of anilines is 1. The van der Waals surface area contributed by atoms with Crippen molar-refractivity contribution in [1.29, 1.82) is 0 Å². The summed E-state index contributed by atoms with van der Waals surface area (Å²) in [6.45, 7) is 6.20. The molecular formula is C16H18F3N3O. The van der Waals surface area contributed by atoms with Crippen LogP contribution in [0, 0.1) is 6.92 Å². The number of rotatable bonds is 5. The Labute approximate surface area is 132 Å². The lowest BCUT2D eigenvalue weighted by Crippen LogP contribution is -2.12. The minimum Gasteiger partial charge on any atom is -0.491 e. The minimum atomic E-state index is -4.49. The second-order valence-electron chi connectivity index (χ2n) is 5.43. The summed E-state index contributed by atoms with van der Waals surface area (Å²) in [5, 5.41) is 9.68. The maximum Gasteiger partial charge on any atom is 0.435 e. The number of alkyl halides is 3. The molecule has 7 heteroatoms. The summed E-state index contributed by atoms with van der Waals surface area (Å²) in [5.41, 5.74) is 0.951. The Morgan fingerprint density at radius 2 is 1.87 bits per heavy atom. The van der Waals surface area contributed by atoms with E-state index >= 15 is 0 Å². The predicted octanol–water partition coefficient (Wildman–Crippen LogP) is 4.20. The first-order valence-corrected chi connectivity index (χ1v) is 7.16. The van der Waals surface area contributed by atoms with E-state index in [2.05, 4.69) is 15.5 Å². The third kappa shape index (κ3) is 4.84. The van der Waals surface area contributed by atoms with Crippen molar-refractivity contribution in [3.05, 3.63) is 47.2 Å². The van der Waals surface area contributed by atoms with Gasteiger partial charge in [0.15, 0.2) is 5.69 Å². The molecule has 4 nitrogen and oxygen atoms in total. The van der Waals surface area contributed by atoms with Gasteiger partial charge in [-0.3, -0.25) is 0 Å². The molecule has 1 heterocycles. The molecule has 0 fully saturated rings. The van der Waals surface area contributed by atoms with Crippen LogP contribution in [0.2, 0.25) is 0 Å². The monoisotopic (exact) mass is 325 g/mol. The summed E-state index contributed by atoms with van der Waals surface area (Å²) < 4.78 is 43.1. The maximum absolute atomic E-state index is 12.4. The highest BCUT2D eigenvalue weighted by atomic mass is 19.4. The van der Waals surface area contributed by atoms with Gasteiger partial charge in [-0.05, 0) is 44.5 Å². The molecule has 0 saturated carbocycles. The molecule has 0 saturated heterocycles. The number of nitrogens with one attached hydrogen (secondary N) is 1. The average Bonchev–Trinajstić information content (AvgIpc) is 2.45. The molecule has 0 spiro atoms. The zero-order chi connectivity index (χ0) is 17.0. The van der Waals surface area contributed by atoms with Gasteiger partial charge in [-0.2, -0.15) is 13.2 Å². The van der Waals surface area contributed by atoms with E-state index < -0.39 is 11.9 Å². The van der Waals surface area contributed by atoms with E-state index in [1.54, 1.807) is 0 Å². The normalized spacial score (nSPS) is 11.6. The third-order valence-electron chi connectivity index (χ3n) is 3.00. The van der Waals surface area contributed by atoms with Crippen LogP contribution in [0.4, 0.5) is 19.0 Å². The molecule has 1 aromatic carbocycles. The first-order chi connectivity index (χ1) is 10.8. The van der Waals surface area contributed by atoms with E-state index in [4.69, 9.17) is 4.74 Å². The lowest BCUT2D eigenvalue weighted by atomic mass is 10.1. The Balaban J connectivity index is 2.09. The maximum atomic E-state index is 12.4. The number of hydrogen-bond acceptors (Lipinski definition) is 4. The van der Waals surface area contributed by atoms with Crippen LogP contribution < -0.4 is 10.1 Å². The zero-order valence-corrected chi connectivity index (χ0v) is 13.1. The van der Waals surface area contributed by atoms with Gasteiger partial charge in [0.1, 0.15) is 11.6 Å². The van der Waals surface area contributed by atoms with E-state index in [0.717, 1.165) is 22.9 Å². The van der Waals surface area contributed by atoms with Crippen molar-refractivity contribution in [2.45, 2.75) is 39.6 Å². The van der Waals surface area contributed by atoms with Crippen LogP contribution >= 0.6 is 0 Å². The zero-order valence-electron chi connectivity index (χ0n) is 13.1. The summed E-state index contributed by atoms with van der Waals surface area (Å²) in [7, 11) is 0. The molecule has 0 unspecified atom stereocenters. The minimum absolute atomic E-state index is 0.0291. The van der Waals surface area contributed by atoms with Crippen molar-refractivity contribution < 1.29 is 17.9 Å². The Hall–Kier alpha value is -2.31. The number of ether oxygens (including phenoxy) is 1. The molecular weight excluding hydrogens is 307 g/mol. The van der Waals surface area contributed by atoms with Crippen LogP contribution in [0.25, 0.3) is 0 Å². The second kappa shape index (κ2) is 6.85. The van der Waals surface area contributed by atoms with Crippen molar-refractivity contribution in [2.24, 2.45) is 0 Å². The highest BCUT2D eigenvalue weighted by Crippen LogP contribution is 2.27. The standard InChI is InChI=1S/C16H18F3N3O/c1-10(2)23-13-8-11(3)4-5-12(13)9-20-15-7-6-14(21-22-15)16(17,18)19/h4-8,10H,9H2,1-3H3,(H,20,22). The molecule has 1 N–H and O–H groups in total. The number of aryl methyl sites for hydroxylation is 1. The molecule has 23 heavy (non-hydrogen) atoms. The Bertz CT molecular complexity index is 655. The smallest absolute Gasteiger partial charge is 0.435 e. The first kappa shape index (κ1) is 17.1. The predicted molar refractivity (Wildman–Crippen MR) is 81.3 cm³/mol. The number of aromatic nitrogens is 2. The summed E-state index contributed by atoms with van der Waals surface area (Å²) >= 11 is 0. The SMILES string of the molecule is Cc1ccc(CNc2ccc(C(F)(F)F)nn2)c(OC(C)C)c1. The molecule has 1 aromatic heterocycles. The van der Waals surface area contributed by atoms with E-state index in [9.17, 15) is 13.2 Å². The number of nitrogens with zero attached hydrogens (tertiary/aromatic N) is 2. The summed E-state index contributed by atoms with van der Waals surface area (Å²) in [6, 6.07) is 7.94. The van der Waals surface area contributed by atoms with E-state index in [0.29, 0.717) is 6.54 Å². The molecule has 0 radical (unpaired) electrons. The fourth-order valence-corrected chi connectivity index (χ4v) is 1.93. The van der Waals surface area contributed by atoms with E-state index in [-0.39, 0.29) is 11.9 Å². The van der Waals surface area contributed by atoms with Crippen molar-refractivity contribution in [2.75, 3.05) is 5.32 Å². The highest BCUT2D eigenvalue weighted by Gasteiger charge is 2.32. The van der Waals surface area contributed by atoms with Gasteiger partial charge in [-0.25, -0.2) is 0 Å². The summed E-state index contributed by atoms with van der Waals surface area (Å²) in [6.07, 6.45) is -4.46. The molecule has 2 rings (SSSR count). The molecule has 0 aliphatic rings. The van der Waals surface area contributed by atoms with Gasteiger partial charge in [0.25, 0.3) is 0 Å². The van der Waals surface area contributed by atoms with Gasteiger partial charge in [-0.15, -0.1) is 10.2 Å². The van der Waals surface area contributed by atoms with Crippen molar-refractivity contribution in [3.8, 4) is 5.75 Å². The molecule has 0 amide bonds. The van der Waals surface area contributed by atoms with Gasteiger partial charge >= 0.3 is 6.18 Å². The Morgan fingerprint density at radius 3 is 2.43 bits per heavy atom. The average molecular weight is 325 g/mol. The van der Waals surface area contributed by atoms with Crippen LogP contribution in [0.3, 0.4) is 0 Å². The molecule has 0 aliphatic carbocycles. The molecule has 0 aliphatic heterocycles. The van der Waals surface area contributed by atoms with Gasteiger partial charge in [0.2, 0.25) is 0 Å². The van der Waals surface area contributed by atoms with Gasteiger partial charge in [0.05, 0.1) is 6.10 Å². The van der Waals surface area contributed by atoms with Gasteiger partial charge < -0.3 is 10.1 Å². The quantitative estimate of drug-likeness (QED) is 0.895. The van der Waals surface area contributed by atoms with Crippen LogP contribution in [0.15, 0.2) is 30.3 Å². The highest BCUT2D eigenvalue weighted by molar-refractivity contribution is 5.41. The van der Waals surface area contributed by atoms with Crippen LogP contribution in [-0.2, 0) is 12.7 Å².